The highest BCUT2D eigenvalue weighted by Gasteiger charge is 2.17. The number of para-hydroxylation sites is 1. The summed E-state index contributed by atoms with van der Waals surface area (Å²) in [7, 11) is 0. The molecule has 128 valence electrons. The molecule has 7 heteroatoms. The van der Waals surface area contributed by atoms with Gasteiger partial charge in [0.25, 0.3) is 5.56 Å². The minimum Gasteiger partial charge on any atom is -0.454 e. The molecule has 1 aromatic heterocycles. The van der Waals surface area contributed by atoms with Gasteiger partial charge in [-0.25, -0.2) is 4.98 Å². The molecule has 0 fully saturated rings. The summed E-state index contributed by atoms with van der Waals surface area (Å²) in [5.41, 5.74) is 1.80. The summed E-state index contributed by atoms with van der Waals surface area (Å²) in [6.07, 6.45) is 0. The monoisotopic (exact) mass is 418 g/mol. The molecular weight excluding hydrogens is 404 g/mol. The number of hydrogen-bond donors (Lipinski definition) is 0. The lowest BCUT2D eigenvalue weighted by Crippen LogP contribution is -2.22. The number of thioether (sulfide) groups is 1. The Bertz CT molecular complexity index is 1020. The minimum atomic E-state index is 0.000326. The van der Waals surface area contributed by atoms with Gasteiger partial charge in [0, 0.05) is 16.8 Å². The first-order valence-electron chi connectivity index (χ1n) is 7.87. The Morgan fingerprint density at radius 2 is 2.00 bits per heavy atom. The number of ether oxygens (including phenoxy) is 2. The Morgan fingerprint density at radius 1 is 1.24 bits per heavy atom. The van der Waals surface area contributed by atoms with Crippen molar-refractivity contribution >= 4 is 38.6 Å². The van der Waals surface area contributed by atoms with Crippen molar-refractivity contribution < 1.29 is 9.47 Å². The van der Waals surface area contributed by atoms with Crippen molar-refractivity contribution in [2.45, 2.75) is 24.4 Å². The van der Waals surface area contributed by atoms with Gasteiger partial charge < -0.3 is 9.47 Å². The van der Waals surface area contributed by atoms with Crippen LogP contribution < -0.4 is 15.0 Å². The van der Waals surface area contributed by atoms with Crippen LogP contribution in [0.5, 0.6) is 11.5 Å². The van der Waals surface area contributed by atoms with Crippen molar-refractivity contribution in [1.29, 1.82) is 0 Å². The van der Waals surface area contributed by atoms with Gasteiger partial charge in [0.05, 0.1) is 10.9 Å². The molecule has 0 unspecified atom stereocenters. The van der Waals surface area contributed by atoms with Crippen molar-refractivity contribution in [3.05, 3.63) is 56.8 Å². The quantitative estimate of drug-likeness (QED) is 0.469. The molecule has 0 bridgehead atoms. The normalized spacial score (nSPS) is 12.7. The van der Waals surface area contributed by atoms with Crippen LogP contribution in [0.2, 0.25) is 0 Å². The van der Waals surface area contributed by atoms with Crippen molar-refractivity contribution in [3.63, 3.8) is 0 Å². The third kappa shape index (κ3) is 3.02. The second-order valence-electron chi connectivity index (χ2n) is 5.55. The standard InChI is InChI=1S/C18H15BrN2O3S/c1-2-21-17(22)12-5-3-4-6-14(12)20-18(21)25-9-11-7-15-16(8-13(11)19)24-10-23-15/h3-8H,2,9-10H2,1H3. The first-order valence-corrected chi connectivity index (χ1v) is 9.65. The molecule has 0 atom stereocenters. The third-order valence-corrected chi connectivity index (χ3v) is 5.80. The second-order valence-corrected chi connectivity index (χ2v) is 7.34. The number of halogens is 1. The SMILES string of the molecule is CCn1c(SCc2cc3c(cc2Br)OCO3)nc2ccccc2c1=O. The highest BCUT2D eigenvalue weighted by atomic mass is 79.9. The molecule has 3 aromatic rings. The van der Waals surface area contributed by atoms with Gasteiger partial charge in [-0.1, -0.05) is 39.8 Å². The van der Waals surface area contributed by atoms with Gasteiger partial charge in [0.1, 0.15) is 0 Å². The molecule has 1 aliphatic rings. The number of aromatic nitrogens is 2. The first-order chi connectivity index (χ1) is 12.2. The molecule has 0 spiro atoms. The van der Waals surface area contributed by atoms with Crippen LogP contribution in [0.3, 0.4) is 0 Å². The van der Waals surface area contributed by atoms with Gasteiger partial charge in [0.2, 0.25) is 6.79 Å². The van der Waals surface area contributed by atoms with Gasteiger partial charge in [-0.3, -0.25) is 9.36 Å². The lowest BCUT2D eigenvalue weighted by molar-refractivity contribution is 0.174. The number of hydrogen-bond acceptors (Lipinski definition) is 5. The van der Waals surface area contributed by atoms with E-state index in [9.17, 15) is 4.79 Å². The summed E-state index contributed by atoms with van der Waals surface area (Å²) in [5.74, 6) is 2.16. The summed E-state index contributed by atoms with van der Waals surface area (Å²) >= 11 is 5.11. The van der Waals surface area contributed by atoms with Crippen LogP contribution in [-0.2, 0) is 12.3 Å². The lowest BCUT2D eigenvalue weighted by Gasteiger charge is -2.12. The number of benzene rings is 2. The van der Waals surface area contributed by atoms with E-state index in [-0.39, 0.29) is 12.4 Å². The molecule has 2 aromatic carbocycles. The maximum absolute atomic E-state index is 12.7. The Balaban J connectivity index is 1.68. The maximum Gasteiger partial charge on any atom is 0.262 e. The summed E-state index contributed by atoms with van der Waals surface area (Å²) in [4.78, 5) is 17.4. The molecule has 0 saturated carbocycles. The van der Waals surface area contributed by atoms with Crippen LogP contribution in [0.25, 0.3) is 10.9 Å². The highest BCUT2D eigenvalue weighted by molar-refractivity contribution is 9.10. The average Bonchev–Trinajstić information content (AvgIpc) is 3.07. The van der Waals surface area contributed by atoms with Crippen molar-refractivity contribution in [1.82, 2.24) is 9.55 Å². The van der Waals surface area contributed by atoms with E-state index in [0.29, 0.717) is 17.7 Å². The van der Waals surface area contributed by atoms with Crippen molar-refractivity contribution in [2.24, 2.45) is 0 Å². The predicted octanol–water partition coefficient (Wildman–Crippen LogP) is 4.20. The Morgan fingerprint density at radius 3 is 2.80 bits per heavy atom. The smallest absolute Gasteiger partial charge is 0.262 e. The molecule has 0 saturated heterocycles. The van der Waals surface area contributed by atoms with E-state index in [1.54, 1.807) is 4.57 Å². The summed E-state index contributed by atoms with van der Waals surface area (Å²) in [5, 5.41) is 1.37. The second kappa shape index (κ2) is 6.72. The van der Waals surface area contributed by atoms with Crippen LogP contribution in [0, 0.1) is 0 Å². The predicted molar refractivity (Wildman–Crippen MR) is 102 cm³/mol. The van der Waals surface area contributed by atoms with E-state index in [0.717, 1.165) is 32.2 Å². The number of fused-ring (bicyclic) bond motifs is 2. The fraction of sp³-hybridized carbons (Fsp3) is 0.222. The molecule has 0 N–H and O–H groups in total. The summed E-state index contributed by atoms with van der Waals surface area (Å²) in [6.45, 7) is 2.79. The zero-order valence-corrected chi connectivity index (χ0v) is 15.9. The molecule has 0 amide bonds. The molecule has 5 nitrogen and oxygen atoms in total. The largest absolute Gasteiger partial charge is 0.454 e. The number of rotatable bonds is 4. The molecular formula is C18H15BrN2O3S. The highest BCUT2D eigenvalue weighted by Crippen LogP contribution is 2.38. The van der Waals surface area contributed by atoms with E-state index in [4.69, 9.17) is 9.47 Å². The topological polar surface area (TPSA) is 53.4 Å². The van der Waals surface area contributed by atoms with Crippen LogP contribution in [-0.4, -0.2) is 16.3 Å². The van der Waals surface area contributed by atoms with E-state index in [1.165, 1.54) is 11.8 Å². The molecule has 4 rings (SSSR count). The Hall–Kier alpha value is -1.99. The molecule has 0 aliphatic carbocycles. The van der Waals surface area contributed by atoms with Crippen LogP contribution >= 0.6 is 27.7 Å². The third-order valence-electron chi connectivity index (χ3n) is 4.04. The zero-order valence-electron chi connectivity index (χ0n) is 13.5. The van der Waals surface area contributed by atoms with Gasteiger partial charge in [-0.2, -0.15) is 0 Å². The molecule has 2 heterocycles. The van der Waals surface area contributed by atoms with Crippen LogP contribution in [0.1, 0.15) is 12.5 Å². The summed E-state index contributed by atoms with van der Waals surface area (Å²) in [6, 6.07) is 11.3. The van der Waals surface area contributed by atoms with Gasteiger partial charge >= 0.3 is 0 Å². The lowest BCUT2D eigenvalue weighted by atomic mass is 10.2. The zero-order chi connectivity index (χ0) is 17.4. The van der Waals surface area contributed by atoms with E-state index in [2.05, 4.69) is 20.9 Å². The maximum atomic E-state index is 12.7. The van der Waals surface area contributed by atoms with E-state index >= 15 is 0 Å². The van der Waals surface area contributed by atoms with Crippen LogP contribution in [0.4, 0.5) is 0 Å². The van der Waals surface area contributed by atoms with Gasteiger partial charge in [0.15, 0.2) is 16.7 Å². The molecule has 0 radical (unpaired) electrons. The van der Waals surface area contributed by atoms with Gasteiger partial charge in [-0.05, 0) is 36.8 Å². The van der Waals surface area contributed by atoms with Crippen LogP contribution in [0.15, 0.2) is 50.8 Å². The van der Waals surface area contributed by atoms with Crippen molar-refractivity contribution in [2.75, 3.05) is 6.79 Å². The van der Waals surface area contributed by atoms with Crippen molar-refractivity contribution in [3.8, 4) is 11.5 Å². The molecule has 25 heavy (non-hydrogen) atoms. The fourth-order valence-corrected chi connectivity index (χ4v) is 4.45. The number of nitrogens with zero attached hydrogens (tertiary/aromatic N) is 2. The molecule has 1 aliphatic heterocycles. The minimum absolute atomic E-state index is 0.000326. The average molecular weight is 419 g/mol. The Labute approximate surface area is 157 Å². The summed E-state index contributed by atoms with van der Waals surface area (Å²) < 4.78 is 13.5. The van der Waals surface area contributed by atoms with Gasteiger partial charge in [-0.15, -0.1) is 0 Å². The van der Waals surface area contributed by atoms with E-state index in [1.807, 2.05) is 43.3 Å². The fourth-order valence-electron chi connectivity index (χ4n) is 2.75. The Kier molecular flexibility index (Phi) is 4.43. The van der Waals surface area contributed by atoms with E-state index < -0.39 is 0 Å². The first kappa shape index (κ1) is 16.5.